The number of hydrogen-bond donors (Lipinski definition) is 1. The van der Waals surface area contributed by atoms with Crippen LogP contribution < -0.4 is 5.32 Å². The molecule has 106 valence electrons. The molecule has 3 rings (SSSR count). The highest BCUT2D eigenvalue weighted by atomic mass is 32.2. The minimum atomic E-state index is 0.945. The van der Waals surface area contributed by atoms with Crippen molar-refractivity contribution in [2.75, 3.05) is 18.8 Å². The van der Waals surface area contributed by atoms with E-state index in [2.05, 4.69) is 47.8 Å². The molecular formula is C18H23NS. The second kappa shape index (κ2) is 7.14. The van der Waals surface area contributed by atoms with Gasteiger partial charge in [0.05, 0.1) is 0 Å². The Labute approximate surface area is 126 Å². The largest absolute Gasteiger partial charge is 0.316 e. The molecule has 1 saturated carbocycles. The van der Waals surface area contributed by atoms with Crippen LogP contribution in [-0.4, -0.2) is 18.8 Å². The first-order chi connectivity index (χ1) is 9.92. The Kier molecular flexibility index (Phi) is 4.99. The van der Waals surface area contributed by atoms with E-state index in [1.165, 1.54) is 47.9 Å². The molecule has 1 aliphatic carbocycles. The summed E-state index contributed by atoms with van der Waals surface area (Å²) < 4.78 is 0. The number of fused-ring (bicyclic) bond motifs is 1. The number of nitrogens with one attached hydrogen (secondary N) is 1. The zero-order valence-corrected chi connectivity index (χ0v) is 12.8. The van der Waals surface area contributed by atoms with Gasteiger partial charge in [0.1, 0.15) is 0 Å². The van der Waals surface area contributed by atoms with Crippen LogP contribution in [0.3, 0.4) is 0 Å². The van der Waals surface area contributed by atoms with Gasteiger partial charge in [-0.3, -0.25) is 0 Å². The van der Waals surface area contributed by atoms with E-state index < -0.39 is 0 Å². The molecule has 0 amide bonds. The van der Waals surface area contributed by atoms with Gasteiger partial charge < -0.3 is 5.32 Å². The molecule has 0 bridgehead atoms. The van der Waals surface area contributed by atoms with E-state index in [-0.39, 0.29) is 0 Å². The molecule has 1 fully saturated rings. The normalized spacial score (nSPS) is 16.0. The summed E-state index contributed by atoms with van der Waals surface area (Å²) in [5.74, 6) is 2.10. The lowest BCUT2D eigenvalue weighted by molar-refractivity contribution is 0.500. The number of hydrogen-bond acceptors (Lipinski definition) is 2. The Bertz CT molecular complexity index is 546. The summed E-state index contributed by atoms with van der Waals surface area (Å²) in [7, 11) is 0. The molecule has 20 heavy (non-hydrogen) atoms. The van der Waals surface area contributed by atoms with Gasteiger partial charge in [-0.25, -0.2) is 0 Å². The van der Waals surface area contributed by atoms with E-state index in [1.807, 2.05) is 11.8 Å². The molecular weight excluding hydrogens is 262 g/mol. The Morgan fingerprint density at radius 1 is 1.00 bits per heavy atom. The molecule has 0 heterocycles. The van der Waals surface area contributed by atoms with Crippen LogP contribution >= 0.6 is 11.8 Å². The van der Waals surface area contributed by atoms with Crippen molar-refractivity contribution in [1.82, 2.24) is 5.32 Å². The standard InChI is InChI=1S/C18H23NS/c1-2-6-15(5-1)14-19-11-12-20-18-10-9-16-7-3-4-8-17(16)13-18/h3-4,7-10,13,15,19H,1-2,5-6,11-12,14H2. The van der Waals surface area contributed by atoms with Crippen molar-refractivity contribution in [2.45, 2.75) is 30.6 Å². The third-order valence-corrected chi connectivity index (χ3v) is 5.17. The summed E-state index contributed by atoms with van der Waals surface area (Å²) in [6.45, 7) is 2.34. The maximum Gasteiger partial charge on any atom is 0.0106 e. The van der Waals surface area contributed by atoms with Crippen molar-refractivity contribution in [2.24, 2.45) is 5.92 Å². The van der Waals surface area contributed by atoms with E-state index >= 15 is 0 Å². The number of thioether (sulfide) groups is 1. The van der Waals surface area contributed by atoms with Crippen LogP contribution in [0, 0.1) is 5.92 Å². The molecule has 0 saturated heterocycles. The average molecular weight is 285 g/mol. The van der Waals surface area contributed by atoms with Gasteiger partial charge in [0.25, 0.3) is 0 Å². The van der Waals surface area contributed by atoms with Crippen LogP contribution in [0.5, 0.6) is 0 Å². The fraction of sp³-hybridized carbons (Fsp3) is 0.444. The van der Waals surface area contributed by atoms with Gasteiger partial charge in [-0.15, -0.1) is 11.8 Å². The maximum atomic E-state index is 3.61. The quantitative estimate of drug-likeness (QED) is 0.609. The lowest BCUT2D eigenvalue weighted by Crippen LogP contribution is -2.23. The van der Waals surface area contributed by atoms with E-state index in [9.17, 15) is 0 Å². The van der Waals surface area contributed by atoms with Gasteiger partial charge in [0, 0.05) is 17.2 Å². The molecule has 1 N–H and O–H groups in total. The van der Waals surface area contributed by atoms with Crippen molar-refractivity contribution in [3.05, 3.63) is 42.5 Å². The molecule has 1 aliphatic rings. The van der Waals surface area contributed by atoms with Crippen LogP contribution in [-0.2, 0) is 0 Å². The molecule has 0 spiro atoms. The van der Waals surface area contributed by atoms with Gasteiger partial charge in [-0.05, 0) is 48.2 Å². The van der Waals surface area contributed by atoms with Crippen molar-refractivity contribution in [3.63, 3.8) is 0 Å². The minimum absolute atomic E-state index is 0.945. The summed E-state index contributed by atoms with van der Waals surface area (Å²) >= 11 is 1.96. The Morgan fingerprint density at radius 3 is 2.65 bits per heavy atom. The van der Waals surface area contributed by atoms with Crippen molar-refractivity contribution < 1.29 is 0 Å². The molecule has 2 aromatic carbocycles. The first-order valence-corrected chi connectivity index (χ1v) is 8.73. The average Bonchev–Trinajstić information content (AvgIpc) is 3.00. The van der Waals surface area contributed by atoms with Gasteiger partial charge in [0.15, 0.2) is 0 Å². The van der Waals surface area contributed by atoms with Crippen LogP contribution in [0.25, 0.3) is 10.8 Å². The Hall–Kier alpha value is -0.990. The Morgan fingerprint density at radius 2 is 1.80 bits per heavy atom. The van der Waals surface area contributed by atoms with Crippen molar-refractivity contribution >= 4 is 22.5 Å². The van der Waals surface area contributed by atoms with Crippen LogP contribution in [0.2, 0.25) is 0 Å². The van der Waals surface area contributed by atoms with E-state index in [4.69, 9.17) is 0 Å². The SMILES string of the molecule is c1ccc2cc(SCCNCC3CCCC3)ccc2c1. The predicted octanol–water partition coefficient (Wildman–Crippen LogP) is 4.71. The molecule has 0 aliphatic heterocycles. The third kappa shape index (κ3) is 3.77. The minimum Gasteiger partial charge on any atom is -0.316 e. The first-order valence-electron chi connectivity index (χ1n) is 7.74. The van der Waals surface area contributed by atoms with E-state index in [1.54, 1.807) is 0 Å². The van der Waals surface area contributed by atoms with E-state index in [0.717, 1.165) is 18.2 Å². The highest BCUT2D eigenvalue weighted by Gasteiger charge is 2.13. The number of rotatable bonds is 6. The van der Waals surface area contributed by atoms with Gasteiger partial charge in [-0.2, -0.15) is 0 Å². The summed E-state index contributed by atoms with van der Waals surface area (Å²) in [5.41, 5.74) is 0. The lowest BCUT2D eigenvalue weighted by Gasteiger charge is -2.10. The smallest absolute Gasteiger partial charge is 0.0106 e. The molecule has 0 aromatic heterocycles. The molecule has 2 aromatic rings. The molecule has 0 radical (unpaired) electrons. The van der Waals surface area contributed by atoms with Crippen LogP contribution in [0.4, 0.5) is 0 Å². The fourth-order valence-corrected chi connectivity index (χ4v) is 3.88. The fourth-order valence-electron chi connectivity index (χ4n) is 3.02. The highest BCUT2D eigenvalue weighted by molar-refractivity contribution is 7.99. The molecule has 0 atom stereocenters. The summed E-state index contributed by atoms with van der Waals surface area (Å²) in [4.78, 5) is 1.38. The first kappa shape index (κ1) is 14.0. The maximum absolute atomic E-state index is 3.61. The number of benzene rings is 2. The second-order valence-corrected chi connectivity index (χ2v) is 6.88. The summed E-state index contributed by atoms with van der Waals surface area (Å²) in [6.07, 6.45) is 5.76. The Balaban J connectivity index is 1.42. The zero-order valence-electron chi connectivity index (χ0n) is 12.0. The van der Waals surface area contributed by atoms with E-state index in [0.29, 0.717) is 0 Å². The van der Waals surface area contributed by atoms with Crippen molar-refractivity contribution in [3.8, 4) is 0 Å². The predicted molar refractivity (Wildman–Crippen MR) is 89.5 cm³/mol. The summed E-state index contributed by atoms with van der Waals surface area (Å²) in [6, 6.07) is 15.3. The van der Waals surface area contributed by atoms with Crippen LogP contribution in [0.1, 0.15) is 25.7 Å². The zero-order chi connectivity index (χ0) is 13.6. The highest BCUT2D eigenvalue weighted by Crippen LogP contribution is 2.24. The topological polar surface area (TPSA) is 12.0 Å². The van der Waals surface area contributed by atoms with Crippen LogP contribution in [0.15, 0.2) is 47.4 Å². The van der Waals surface area contributed by atoms with Crippen molar-refractivity contribution in [1.29, 1.82) is 0 Å². The molecule has 0 unspecified atom stereocenters. The monoisotopic (exact) mass is 285 g/mol. The molecule has 2 heteroatoms. The summed E-state index contributed by atoms with van der Waals surface area (Å²) in [5, 5.41) is 6.29. The molecule has 1 nitrogen and oxygen atoms in total. The second-order valence-electron chi connectivity index (χ2n) is 5.71. The van der Waals surface area contributed by atoms with Gasteiger partial charge in [-0.1, -0.05) is 43.2 Å². The van der Waals surface area contributed by atoms with Gasteiger partial charge >= 0.3 is 0 Å². The van der Waals surface area contributed by atoms with Gasteiger partial charge in [0.2, 0.25) is 0 Å². The third-order valence-electron chi connectivity index (χ3n) is 4.18. The lowest BCUT2D eigenvalue weighted by atomic mass is 10.1.